The van der Waals surface area contributed by atoms with Crippen LogP contribution in [0.2, 0.25) is 0 Å². The number of hydrogen-bond donors (Lipinski definition) is 2. The van der Waals surface area contributed by atoms with E-state index in [0.29, 0.717) is 13.1 Å². The summed E-state index contributed by atoms with van der Waals surface area (Å²) in [6.07, 6.45) is 3.68. The molecule has 80 valence electrons. The van der Waals surface area contributed by atoms with Gasteiger partial charge in [-0.05, 0) is 12.1 Å². The lowest BCUT2D eigenvalue weighted by Crippen LogP contribution is -1.97. The molecular weight excluding hydrogens is 192 g/mol. The van der Waals surface area contributed by atoms with Crippen LogP contribution in [0.25, 0.3) is 0 Å². The van der Waals surface area contributed by atoms with Crippen LogP contribution >= 0.6 is 0 Å². The van der Waals surface area contributed by atoms with E-state index in [1.54, 1.807) is 10.9 Å². The predicted octanol–water partition coefficient (Wildman–Crippen LogP) is 1.08. The van der Waals surface area contributed by atoms with E-state index in [-0.39, 0.29) is 0 Å². The first-order valence-electron chi connectivity index (χ1n) is 4.78. The Balaban J connectivity index is 1.93. The quantitative estimate of drug-likeness (QED) is 0.785. The maximum Gasteiger partial charge on any atom is 0.123 e. The highest BCUT2D eigenvalue weighted by atomic mass is 16.3. The van der Waals surface area contributed by atoms with Crippen molar-refractivity contribution in [2.24, 2.45) is 12.8 Å². The molecule has 5 nitrogen and oxygen atoms in total. The van der Waals surface area contributed by atoms with Gasteiger partial charge in [-0.25, -0.2) is 0 Å². The minimum absolute atomic E-state index is 0.437. The van der Waals surface area contributed by atoms with Crippen molar-refractivity contribution >= 4 is 5.69 Å². The van der Waals surface area contributed by atoms with E-state index in [9.17, 15) is 0 Å². The zero-order valence-corrected chi connectivity index (χ0v) is 8.60. The average Bonchev–Trinajstić information content (AvgIpc) is 2.83. The van der Waals surface area contributed by atoms with Crippen molar-refractivity contribution in [3.63, 3.8) is 0 Å². The topological polar surface area (TPSA) is 69.0 Å². The minimum Gasteiger partial charge on any atom is -0.463 e. The van der Waals surface area contributed by atoms with Crippen LogP contribution < -0.4 is 11.1 Å². The molecule has 0 saturated heterocycles. The summed E-state index contributed by atoms with van der Waals surface area (Å²) in [5.74, 6) is 1.68. The van der Waals surface area contributed by atoms with Gasteiger partial charge in [-0.2, -0.15) is 5.10 Å². The van der Waals surface area contributed by atoms with Gasteiger partial charge in [-0.1, -0.05) is 0 Å². The van der Waals surface area contributed by atoms with Gasteiger partial charge in [-0.15, -0.1) is 0 Å². The molecule has 2 aromatic rings. The third-order valence-electron chi connectivity index (χ3n) is 2.09. The van der Waals surface area contributed by atoms with E-state index in [2.05, 4.69) is 10.4 Å². The second kappa shape index (κ2) is 4.18. The van der Waals surface area contributed by atoms with Crippen LogP contribution in [0.1, 0.15) is 11.5 Å². The fraction of sp³-hybridized carbons (Fsp3) is 0.300. The highest BCUT2D eigenvalue weighted by Gasteiger charge is 2.01. The van der Waals surface area contributed by atoms with E-state index >= 15 is 0 Å². The molecule has 2 heterocycles. The summed E-state index contributed by atoms with van der Waals surface area (Å²) < 4.78 is 7.19. The molecule has 0 aliphatic heterocycles. The SMILES string of the molecule is Cn1cc(NCc2ccc(CN)o2)cn1. The summed E-state index contributed by atoms with van der Waals surface area (Å²) in [6, 6.07) is 3.81. The van der Waals surface area contributed by atoms with Gasteiger partial charge in [0.05, 0.1) is 25.0 Å². The number of hydrogen-bond acceptors (Lipinski definition) is 4. The number of aromatic nitrogens is 2. The highest BCUT2D eigenvalue weighted by molar-refractivity contribution is 5.38. The summed E-state index contributed by atoms with van der Waals surface area (Å²) in [4.78, 5) is 0. The summed E-state index contributed by atoms with van der Waals surface area (Å²) in [7, 11) is 1.88. The van der Waals surface area contributed by atoms with E-state index in [0.717, 1.165) is 17.2 Å². The van der Waals surface area contributed by atoms with E-state index in [1.165, 1.54) is 0 Å². The van der Waals surface area contributed by atoms with Crippen molar-refractivity contribution in [2.45, 2.75) is 13.1 Å². The molecule has 5 heteroatoms. The Kier molecular flexibility index (Phi) is 2.73. The van der Waals surface area contributed by atoms with Crippen molar-refractivity contribution in [1.82, 2.24) is 9.78 Å². The number of aryl methyl sites for hydroxylation is 1. The smallest absolute Gasteiger partial charge is 0.123 e. The Hall–Kier alpha value is -1.75. The first-order valence-corrected chi connectivity index (χ1v) is 4.78. The summed E-state index contributed by atoms with van der Waals surface area (Å²) in [5.41, 5.74) is 6.42. The molecule has 3 N–H and O–H groups in total. The largest absolute Gasteiger partial charge is 0.463 e. The molecule has 0 aliphatic rings. The van der Waals surface area contributed by atoms with Crippen LogP contribution in [0.4, 0.5) is 5.69 Å². The Morgan fingerprint density at radius 1 is 1.47 bits per heavy atom. The molecule has 2 aromatic heterocycles. The monoisotopic (exact) mass is 206 g/mol. The van der Waals surface area contributed by atoms with E-state index in [1.807, 2.05) is 25.4 Å². The number of anilines is 1. The molecule has 0 bridgehead atoms. The van der Waals surface area contributed by atoms with Gasteiger partial charge in [-0.3, -0.25) is 4.68 Å². The maximum absolute atomic E-state index is 5.45. The number of nitrogens with one attached hydrogen (secondary N) is 1. The van der Waals surface area contributed by atoms with E-state index < -0.39 is 0 Å². The van der Waals surface area contributed by atoms with Crippen LogP contribution in [0.3, 0.4) is 0 Å². The average molecular weight is 206 g/mol. The fourth-order valence-electron chi connectivity index (χ4n) is 1.33. The second-order valence-electron chi connectivity index (χ2n) is 3.33. The van der Waals surface area contributed by atoms with Crippen molar-refractivity contribution in [2.75, 3.05) is 5.32 Å². The van der Waals surface area contributed by atoms with Crippen LogP contribution in [0, 0.1) is 0 Å². The van der Waals surface area contributed by atoms with E-state index in [4.69, 9.17) is 10.2 Å². The molecule has 0 saturated carbocycles. The van der Waals surface area contributed by atoms with Gasteiger partial charge in [0.15, 0.2) is 0 Å². The third-order valence-corrected chi connectivity index (χ3v) is 2.09. The zero-order chi connectivity index (χ0) is 10.7. The van der Waals surface area contributed by atoms with Crippen molar-refractivity contribution in [3.8, 4) is 0 Å². The van der Waals surface area contributed by atoms with Crippen molar-refractivity contribution in [3.05, 3.63) is 36.0 Å². The number of nitrogens with two attached hydrogens (primary N) is 1. The molecule has 0 radical (unpaired) electrons. The minimum atomic E-state index is 0.437. The summed E-state index contributed by atoms with van der Waals surface area (Å²) in [6.45, 7) is 1.08. The Bertz CT molecular complexity index is 432. The molecule has 0 aromatic carbocycles. The maximum atomic E-state index is 5.45. The number of rotatable bonds is 4. The molecule has 0 amide bonds. The normalized spacial score (nSPS) is 10.5. The Labute approximate surface area is 87.9 Å². The first kappa shape index (κ1) is 9.79. The van der Waals surface area contributed by atoms with Gasteiger partial charge in [0.25, 0.3) is 0 Å². The van der Waals surface area contributed by atoms with Crippen molar-refractivity contribution in [1.29, 1.82) is 0 Å². The highest BCUT2D eigenvalue weighted by Crippen LogP contribution is 2.10. The number of nitrogens with zero attached hydrogens (tertiary/aromatic N) is 2. The van der Waals surface area contributed by atoms with Gasteiger partial charge in [0, 0.05) is 13.2 Å². The van der Waals surface area contributed by atoms with Crippen LogP contribution in [0.15, 0.2) is 28.9 Å². The first-order chi connectivity index (χ1) is 7.28. The predicted molar refractivity (Wildman–Crippen MR) is 57.1 cm³/mol. The molecule has 15 heavy (non-hydrogen) atoms. The van der Waals surface area contributed by atoms with Gasteiger partial charge in [0.1, 0.15) is 11.5 Å². The van der Waals surface area contributed by atoms with Crippen LogP contribution in [0.5, 0.6) is 0 Å². The Morgan fingerprint density at radius 3 is 2.87 bits per heavy atom. The van der Waals surface area contributed by atoms with Gasteiger partial charge < -0.3 is 15.5 Å². The van der Waals surface area contributed by atoms with Crippen LogP contribution in [-0.2, 0) is 20.1 Å². The standard InChI is InChI=1S/C10H14N4O/c1-14-7-8(5-13-14)12-6-10-3-2-9(4-11)15-10/h2-3,5,7,12H,4,6,11H2,1H3. The second-order valence-corrected chi connectivity index (χ2v) is 3.33. The molecule has 0 atom stereocenters. The summed E-state index contributed by atoms with van der Waals surface area (Å²) in [5, 5.41) is 7.26. The van der Waals surface area contributed by atoms with Gasteiger partial charge in [0.2, 0.25) is 0 Å². The lowest BCUT2D eigenvalue weighted by atomic mass is 10.4. The fourth-order valence-corrected chi connectivity index (χ4v) is 1.33. The van der Waals surface area contributed by atoms with Crippen molar-refractivity contribution < 1.29 is 4.42 Å². The molecule has 0 spiro atoms. The van der Waals surface area contributed by atoms with Gasteiger partial charge >= 0.3 is 0 Å². The van der Waals surface area contributed by atoms with Crippen LogP contribution in [-0.4, -0.2) is 9.78 Å². The molecular formula is C10H14N4O. The third kappa shape index (κ3) is 2.38. The number of furan rings is 1. The molecule has 0 unspecified atom stereocenters. The zero-order valence-electron chi connectivity index (χ0n) is 8.60. The Morgan fingerprint density at radius 2 is 2.27 bits per heavy atom. The lowest BCUT2D eigenvalue weighted by Gasteiger charge is -1.99. The molecule has 2 rings (SSSR count). The molecule has 0 fully saturated rings. The summed E-state index contributed by atoms with van der Waals surface area (Å²) >= 11 is 0. The molecule has 0 aliphatic carbocycles. The lowest BCUT2D eigenvalue weighted by molar-refractivity contribution is 0.473.